The fraction of sp³-hybridized carbons (Fsp3) is 0.286. The highest BCUT2D eigenvalue weighted by Crippen LogP contribution is 2.05. The predicted molar refractivity (Wildman–Crippen MR) is 37.7 cm³/mol. The van der Waals surface area contributed by atoms with Crippen LogP contribution in [0.5, 0.6) is 0 Å². The first-order valence-electron chi connectivity index (χ1n) is 3.03. The fourth-order valence-electron chi connectivity index (χ4n) is 0.859. The summed E-state index contributed by atoms with van der Waals surface area (Å²) < 4.78 is 0. The first kappa shape index (κ1) is 7.02. The Balaban J connectivity index is 2.63. The van der Waals surface area contributed by atoms with Crippen molar-refractivity contribution >= 4 is 5.97 Å². The van der Waals surface area contributed by atoms with Gasteiger partial charge in [0.2, 0.25) is 0 Å². The van der Waals surface area contributed by atoms with E-state index in [0.29, 0.717) is 6.54 Å². The van der Waals surface area contributed by atoms with Gasteiger partial charge >= 0.3 is 5.97 Å². The molecule has 1 atom stereocenters. The fourth-order valence-corrected chi connectivity index (χ4v) is 0.859. The normalized spacial score (nSPS) is 24.0. The van der Waals surface area contributed by atoms with Crippen LogP contribution in [0, 0.1) is 0 Å². The van der Waals surface area contributed by atoms with Crippen molar-refractivity contribution in [1.29, 1.82) is 0 Å². The van der Waals surface area contributed by atoms with E-state index in [1.807, 2.05) is 0 Å². The molecule has 54 valence electrons. The summed E-state index contributed by atoms with van der Waals surface area (Å²) in [4.78, 5) is 10.3. The lowest BCUT2D eigenvalue weighted by atomic mass is 10.2. The first-order chi connectivity index (χ1) is 4.74. The molecule has 3 nitrogen and oxygen atoms in total. The number of aliphatic carboxylic acids is 1. The summed E-state index contributed by atoms with van der Waals surface area (Å²) in [5, 5.41) is 11.3. The number of hydrogen-bond acceptors (Lipinski definition) is 2. The molecule has 0 saturated carbocycles. The molecule has 10 heavy (non-hydrogen) atoms. The maximum atomic E-state index is 10.3. The highest BCUT2D eigenvalue weighted by Gasteiger charge is 2.18. The van der Waals surface area contributed by atoms with Gasteiger partial charge in [-0.2, -0.15) is 0 Å². The molecule has 1 unspecified atom stereocenters. The molecule has 1 aliphatic heterocycles. The molecule has 0 bridgehead atoms. The van der Waals surface area contributed by atoms with Crippen molar-refractivity contribution < 1.29 is 9.90 Å². The summed E-state index contributed by atoms with van der Waals surface area (Å²) in [5.41, 5.74) is 0.951. The van der Waals surface area contributed by atoms with Gasteiger partial charge in [-0.05, 0) is 5.57 Å². The van der Waals surface area contributed by atoms with E-state index in [0.717, 1.165) is 5.57 Å². The number of carboxylic acid groups (broad SMARTS) is 1. The van der Waals surface area contributed by atoms with Crippen LogP contribution in [0.4, 0.5) is 0 Å². The lowest BCUT2D eigenvalue weighted by Gasteiger charge is -1.98. The van der Waals surface area contributed by atoms with Gasteiger partial charge in [0.05, 0.1) is 0 Å². The monoisotopic (exact) mass is 139 g/mol. The van der Waals surface area contributed by atoms with Crippen LogP contribution >= 0.6 is 0 Å². The molecule has 0 aliphatic carbocycles. The molecule has 0 aromatic rings. The van der Waals surface area contributed by atoms with Gasteiger partial charge < -0.3 is 5.11 Å². The average Bonchev–Trinajstić information content (AvgIpc) is 2.34. The maximum absolute atomic E-state index is 10.3. The Labute approximate surface area is 59.0 Å². The second kappa shape index (κ2) is 2.66. The number of carbonyl (C=O) groups is 1. The maximum Gasteiger partial charge on any atom is 0.324 e. The summed E-state index contributed by atoms with van der Waals surface area (Å²) >= 11 is 0. The molecule has 3 heteroatoms. The van der Waals surface area contributed by atoms with Gasteiger partial charge in [0, 0.05) is 6.54 Å². The third-order valence-corrected chi connectivity index (χ3v) is 1.44. The van der Waals surface area contributed by atoms with Crippen LogP contribution in [0.1, 0.15) is 0 Å². The van der Waals surface area contributed by atoms with Crippen molar-refractivity contribution in [3.63, 3.8) is 0 Å². The van der Waals surface area contributed by atoms with Gasteiger partial charge in [0.15, 0.2) is 0 Å². The first-order valence-corrected chi connectivity index (χ1v) is 3.03. The largest absolute Gasteiger partial charge is 0.480 e. The van der Waals surface area contributed by atoms with E-state index in [1.54, 1.807) is 12.2 Å². The van der Waals surface area contributed by atoms with E-state index in [2.05, 4.69) is 11.9 Å². The highest BCUT2D eigenvalue weighted by molar-refractivity contribution is 5.77. The van der Waals surface area contributed by atoms with E-state index < -0.39 is 12.0 Å². The SMILES string of the molecule is C=CC1=CC(C(=O)O)NC1. The van der Waals surface area contributed by atoms with Gasteiger partial charge in [0.1, 0.15) is 6.04 Å². The molecule has 1 heterocycles. The van der Waals surface area contributed by atoms with Gasteiger partial charge in [-0.3, -0.25) is 10.1 Å². The van der Waals surface area contributed by atoms with Crippen molar-refractivity contribution in [1.82, 2.24) is 5.32 Å². The molecule has 1 rings (SSSR count). The highest BCUT2D eigenvalue weighted by atomic mass is 16.4. The second-order valence-electron chi connectivity index (χ2n) is 2.14. The van der Waals surface area contributed by atoms with Gasteiger partial charge in [-0.1, -0.05) is 18.7 Å². The Hall–Kier alpha value is -1.09. The molecule has 0 spiro atoms. The summed E-state index contributed by atoms with van der Waals surface area (Å²) in [6.07, 6.45) is 3.32. The van der Waals surface area contributed by atoms with Crippen molar-refractivity contribution in [2.75, 3.05) is 6.54 Å². The summed E-state index contributed by atoms with van der Waals surface area (Å²) in [6, 6.07) is -0.520. The number of nitrogens with one attached hydrogen (secondary N) is 1. The van der Waals surface area contributed by atoms with Crippen LogP contribution in [-0.4, -0.2) is 23.7 Å². The number of rotatable bonds is 2. The molecule has 0 aromatic heterocycles. The molecule has 0 radical (unpaired) electrons. The van der Waals surface area contributed by atoms with Crippen LogP contribution in [0.25, 0.3) is 0 Å². The lowest BCUT2D eigenvalue weighted by molar-refractivity contribution is -0.137. The van der Waals surface area contributed by atoms with Crippen LogP contribution in [0.3, 0.4) is 0 Å². The van der Waals surface area contributed by atoms with Gasteiger partial charge in [-0.15, -0.1) is 0 Å². The standard InChI is InChI=1S/C7H9NO2/c1-2-5-3-6(7(9)10)8-4-5/h2-3,6,8H,1,4H2,(H,9,10). The van der Waals surface area contributed by atoms with Crippen molar-refractivity contribution in [3.8, 4) is 0 Å². The minimum atomic E-state index is -0.836. The molecular weight excluding hydrogens is 130 g/mol. The van der Waals surface area contributed by atoms with Crippen LogP contribution in [0.2, 0.25) is 0 Å². The second-order valence-corrected chi connectivity index (χ2v) is 2.14. The van der Waals surface area contributed by atoms with Crippen molar-refractivity contribution in [3.05, 3.63) is 24.3 Å². The van der Waals surface area contributed by atoms with E-state index in [9.17, 15) is 4.79 Å². The van der Waals surface area contributed by atoms with Gasteiger partial charge in [0.25, 0.3) is 0 Å². The topological polar surface area (TPSA) is 49.3 Å². The van der Waals surface area contributed by atoms with Crippen LogP contribution in [0.15, 0.2) is 24.3 Å². The van der Waals surface area contributed by atoms with Crippen LogP contribution < -0.4 is 5.32 Å². The van der Waals surface area contributed by atoms with Crippen molar-refractivity contribution in [2.24, 2.45) is 0 Å². The lowest BCUT2D eigenvalue weighted by Crippen LogP contribution is -2.30. The molecule has 0 aromatic carbocycles. The number of carboxylic acids is 1. The Bertz CT molecular complexity index is 196. The molecule has 0 amide bonds. The van der Waals surface area contributed by atoms with Crippen molar-refractivity contribution in [2.45, 2.75) is 6.04 Å². The zero-order valence-corrected chi connectivity index (χ0v) is 5.50. The molecule has 2 N–H and O–H groups in total. The minimum absolute atomic E-state index is 0.520. The zero-order valence-electron chi connectivity index (χ0n) is 5.50. The predicted octanol–water partition coefficient (Wildman–Crippen LogP) is 0.155. The van der Waals surface area contributed by atoms with E-state index in [-0.39, 0.29) is 0 Å². The summed E-state index contributed by atoms with van der Waals surface area (Å²) in [6.45, 7) is 4.15. The molecular formula is C7H9NO2. The Morgan fingerprint density at radius 2 is 2.70 bits per heavy atom. The van der Waals surface area contributed by atoms with Crippen LogP contribution in [-0.2, 0) is 4.79 Å². The Kier molecular flexibility index (Phi) is 1.87. The molecule has 0 fully saturated rings. The van der Waals surface area contributed by atoms with E-state index in [1.165, 1.54) is 0 Å². The molecule has 1 aliphatic rings. The minimum Gasteiger partial charge on any atom is -0.480 e. The third kappa shape index (κ3) is 1.25. The smallest absolute Gasteiger partial charge is 0.324 e. The quantitative estimate of drug-likeness (QED) is 0.572. The Morgan fingerprint density at radius 1 is 2.00 bits per heavy atom. The summed E-state index contributed by atoms with van der Waals surface area (Å²) in [5.74, 6) is -0.836. The Morgan fingerprint density at radius 3 is 3.00 bits per heavy atom. The third-order valence-electron chi connectivity index (χ3n) is 1.44. The van der Waals surface area contributed by atoms with E-state index >= 15 is 0 Å². The zero-order chi connectivity index (χ0) is 7.56. The van der Waals surface area contributed by atoms with E-state index in [4.69, 9.17) is 5.11 Å². The summed E-state index contributed by atoms with van der Waals surface area (Å²) in [7, 11) is 0. The number of hydrogen-bond donors (Lipinski definition) is 2. The molecule has 0 saturated heterocycles. The average molecular weight is 139 g/mol. The van der Waals surface area contributed by atoms with Gasteiger partial charge in [-0.25, -0.2) is 0 Å².